The molecule has 0 saturated carbocycles. The third-order valence-corrected chi connectivity index (χ3v) is 5.08. The van der Waals surface area contributed by atoms with Crippen molar-refractivity contribution in [1.29, 1.82) is 0 Å². The first-order valence-electron chi connectivity index (χ1n) is 9.19. The SMILES string of the molecule is Cc1ccc2c(CN3CCNC(=O)CC3c3ccccc3)cc(=O)oc2c1. The highest BCUT2D eigenvalue weighted by atomic mass is 16.4. The van der Waals surface area contributed by atoms with Crippen LogP contribution in [0.1, 0.15) is 29.2 Å². The number of hydrogen-bond acceptors (Lipinski definition) is 4. The van der Waals surface area contributed by atoms with Gasteiger partial charge < -0.3 is 9.73 Å². The van der Waals surface area contributed by atoms with E-state index >= 15 is 0 Å². The van der Waals surface area contributed by atoms with Gasteiger partial charge in [0.05, 0.1) is 0 Å². The van der Waals surface area contributed by atoms with Crippen molar-refractivity contribution in [1.82, 2.24) is 10.2 Å². The molecule has 0 radical (unpaired) electrons. The van der Waals surface area contributed by atoms with Crippen LogP contribution in [0.2, 0.25) is 0 Å². The zero-order valence-electron chi connectivity index (χ0n) is 15.3. The molecule has 138 valence electrons. The molecule has 5 heteroatoms. The van der Waals surface area contributed by atoms with Gasteiger partial charge in [-0.2, -0.15) is 0 Å². The Morgan fingerprint density at radius 1 is 1.11 bits per heavy atom. The molecule has 1 aromatic heterocycles. The Kier molecular flexibility index (Phi) is 4.77. The van der Waals surface area contributed by atoms with Gasteiger partial charge in [0.1, 0.15) is 5.58 Å². The van der Waals surface area contributed by atoms with Crippen molar-refractivity contribution in [3.05, 3.63) is 81.7 Å². The summed E-state index contributed by atoms with van der Waals surface area (Å²) in [5.74, 6) is 0.0550. The summed E-state index contributed by atoms with van der Waals surface area (Å²) in [5.41, 5.74) is 3.35. The van der Waals surface area contributed by atoms with Crippen molar-refractivity contribution < 1.29 is 9.21 Å². The number of aryl methyl sites for hydroxylation is 1. The summed E-state index contributed by atoms with van der Waals surface area (Å²) in [6, 6.07) is 17.5. The van der Waals surface area contributed by atoms with Crippen molar-refractivity contribution in [2.24, 2.45) is 0 Å². The van der Waals surface area contributed by atoms with E-state index in [-0.39, 0.29) is 17.6 Å². The van der Waals surface area contributed by atoms with Gasteiger partial charge in [0.15, 0.2) is 0 Å². The van der Waals surface area contributed by atoms with Crippen LogP contribution in [0.4, 0.5) is 0 Å². The molecule has 0 spiro atoms. The molecule has 1 amide bonds. The first-order chi connectivity index (χ1) is 13.1. The highest BCUT2D eigenvalue weighted by Crippen LogP contribution is 2.29. The number of carbonyl (C=O) groups is 1. The fraction of sp³-hybridized carbons (Fsp3) is 0.273. The Hall–Kier alpha value is -2.92. The summed E-state index contributed by atoms with van der Waals surface area (Å²) in [7, 11) is 0. The van der Waals surface area contributed by atoms with E-state index in [1.807, 2.05) is 43.3 Å². The van der Waals surface area contributed by atoms with Crippen molar-refractivity contribution in [2.75, 3.05) is 13.1 Å². The number of nitrogens with one attached hydrogen (secondary N) is 1. The lowest BCUT2D eigenvalue weighted by Crippen LogP contribution is -2.30. The highest BCUT2D eigenvalue weighted by molar-refractivity contribution is 5.81. The lowest BCUT2D eigenvalue weighted by molar-refractivity contribution is -0.121. The molecule has 0 aliphatic carbocycles. The summed E-state index contributed by atoms with van der Waals surface area (Å²) in [6.07, 6.45) is 0.405. The van der Waals surface area contributed by atoms with Crippen molar-refractivity contribution >= 4 is 16.9 Å². The summed E-state index contributed by atoms with van der Waals surface area (Å²) >= 11 is 0. The van der Waals surface area contributed by atoms with E-state index in [4.69, 9.17) is 4.42 Å². The minimum absolute atomic E-state index is 0.0264. The topological polar surface area (TPSA) is 62.6 Å². The molecular weight excluding hydrogens is 340 g/mol. The van der Waals surface area contributed by atoms with Crippen molar-refractivity contribution in [3.8, 4) is 0 Å². The van der Waals surface area contributed by atoms with E-state index in [9.17, 15) is 9.59 Å². The monoisotopic (exact) mass is 362 g/mol. The molecule has 3 aromatic rings. The lowest BCUT2D eigenvalue weighted by atomic mass is 10.0. The van der Waals surface area contributed by atoms with Gasteiger partial charge in [0, 0.05) is 43.5 Å². The van der Waals surface area contributed by atoms with Gasteiger partial charge in [0.2, 0.25) is 5.91 Å². The average Bonchev–Trinajstić information content (AvgIpc) is 2.83. The maximum absolute atomic E-state index is 12.2. The summed E-state index contributed by atoms with van der Waals surface area (Å²) in [4.78, 5) is 26.5. The van der Waals surface area contributed by atoms with Crippen LogP contribution in [0.3, 0.4) is 0 Å². The van der Waals surface area contributed by atoms with Gasteiger partial charge in [-0.3, -0.25) is 9.69 Å². The molecule has 1 unspecified atom stereocenters. The van der Waals surface area contributed by atoms with Gasteiger partial charge in [-0.25, -0.2) is 4.79 Å². The molecule has 4 rings (SSSR count). The third-order valence-electron chi connectivity index (χ3n) is 5.08. The number of nitrogens with zero attached hydrogens (tertiary/aromatic N) is 1. The summed E-state index contributed by atoms with van der Waals surface area (Å²) in [5, 5.41) is 3.90. The zero-order chi connectivity index (χ0) is 18.8. The van der Waals surface area contributed by atoms with Crippen LogP contribution >= 0.6 is 0 Å². The third kappa shape index (κ3) is 3.78. The maximum Gasteiger partial charge on any atom is 0.336 e. The molecule has 5 nitrogen and oxygen atoms in total. The number of rotatable bonds is 3. The molecule has 27 heavy (non-hydrogen) atoms. The van der Waals surface area contributed by atoms with Crippen molar-refractivity contribution in [3.63, 3.8) is 0 Å². The number of benzene rings is 2. The fourth-order valence-corrected chi connectivity index (χ4v) is 3.75. The van der Waals surface area contributed by atoms with Crippen LogP contribution in [0.15, 0.2) is 63.8 Å². The van der Waals surface area contributed by atoms with Crippen LogP contribution in [0, 0.1) is 6.92 Å². The Morgan fingerprint density at radius 3 is 2.74 bits per heavy atom. The zero-order valence-corrected chi connectivity index (χ0v) is 15.3. The predicted octanol–water partition coefficient (Wildman–Crippen LogP) is 3.16. The summed E-state index contributed by atoms with van der Waals surface area (Å²) < 4.78 is 5.38. The van der Waals surface area contributed by atoms with Crippen LogP contribution in [-0.4, -0.2) is 23.9 Å². The number of fused-ring (bicyclic) bond motifs is 1. The molecule has 2 aromatic carbocycles. The second-order valence-corrected chi connectivity index (χ2v) is 7.04. The van der Waals surface area contributed by atoms with Crippen LogP contribution in [0.25, 0.3) is 11.0 Å². The van der Waals surface area contributed by atoms with Crippen LogP contribution < -0.4 is 10.9 Å². The van der Waals surface area contributed by atoms with Gasteiger partial charge in [-0.1, -0.05) is 42.5 Å². The Bertz CT molecular complexity index is 1030. The molecule has 1 aliphatic rings. The molecule has 0 bridgehead atoms. The first kappa shape index (κ1) is 17.5. The second-order valence-electron chi connectivity index (χ2n) is 7.04. The molecule has 1 atom stereocenters. The maximum atomic E-state index is 12.2. The van der Waals surface area contributed by atoms with E-state index in [2.05, 4.69) is 22.3 Å². The minimum atomic E-state index is -0.344. The van der Waals surface area contributed by atoms with Gasteiger partial charge in [0.25, 0.3) is 0 Å². The molecule has 1 N–H and O–H groups in total. The van der Waals surface area contributed by atoms with E-state index < -0.39 is 0 Å². The van der Waals surface area contributed by atoms with E-state index in [0.717, 1.165) is 28.6 Å². The van der Waals surface area contributed by atoms with Gasteiger partial charge in [-0.05, 0) is 29.7 Å². The van der Waals surface area contributed by atoms with Gasteiger partial charge in [-0.15, -0.1) is 0 Å². The average molecular weight is 362 g/mol. The normalized spacial score (nSPS) is 18.3. The predicted molar refractivity (Wildman–Crippen MR) is 104 cm³/mol. The number of hydrogen-bond donors (Lipinski definition) is 1. The smallest absolute Gasteiger partial charge is 0.336 e. The fourth-order valence-electron chi connectivity index (χ4n) is 3.75. The van der Waals surface area contributed by atoms with Crippen LogP contribution in [-0.2, 0) is 11.3 Å². The number of carbonyl (C=O) groups excluding carboxylic acids is 1. The highest BCUT2D eigenvalue weighted by Gasteiger charge is 2.26. The second kappa shape index (κ2) is 7.37. The van der Waals surface area contributed by atoms with Crippen LogP contribution in [0.5, 0.6) is 0 Å². The van der Waals surface area contributed by atoms with E-state index in [0.29, 0.717) is 25.1 Å². The minimum Gasteiger partial charge on any atom is -0.423 e. The molecular formula is C22H22N2O3. The number of amides is 1. The molecule has 2 heterocycles. The molecule has 1 saturated heterocycles. The van der Waals surface area contributed by atoms with E-state index in [1.54, 1.807) is 6.07 Å². The quantitative estimate of drug-likeness (QED) is 0.727. The largest absolute Gasteiger partial charge is 0.423 e. The molecule has 1 fully saturated rings. The standard InChI is InChI=1S/C22H22N2O3/c1-15-7-8-18-17(12-22(26)27-20(18)11-15)14-24-10-9-23-21(25)13-19(24)16-5-3-2-4-6-16/h2-8,11-12,19H,9-10,13-14H2,1H3,(H,23,25). The van der Waals surface area contributed by atoms with Crippen molar-refractivity contribution in [2.45, 2.75) is 25.9 Å². The first-order valence-corrected chi connectivity index (χ1v) is 9.19. The lowest BCUT2D eigenvalue weighted by Gasteiger charge is -2.29. The molecule has 1 aliphatic heterocycles. The Labute approximate surface area is 157 Å². The van der Waals surface area contributed by atoms with E-state index in [1.165, 1.54) is 0 Å². The van der Waals surface area contributed by atoms with Gasteiger partial charge >= 0.3 is 5.63 Å². The Balaban J connectivity index is 1.74. The Morgan fingerprint density at radius 2 is 1.93 bits per heavy atom. The summed E-state index contributed by atoms with van der Waals surface area (Å²) in [6.45, 7) is 3.88.